The molecule has 0 aliphatic rings. The van der Waals surface area contributed by atoms with Crippen LogP contribution in [-0.4, -0.2) is 18.7 Å². The molecule has 0 spiro atoms. The zero-order chi connectivity index (χ0) is 9.68. The van der Waals surface area contributed by atoms with Gasteiger partial charge in [-0.15, -0.1) is 0 Å². The van der Waals surface area contributed by atoms with Crippen LogP contribution in [0.4, 0.5) is 5.82 Å². The van der Waals surface area contributed by atoms with Gasteiger partial charge in [-0.3, -0.25) is 0 Å². The van der Waals surface area contributed by atoms with Crippen LogP contribution in [-0.2, 0) is 11.2 Å². The minimum absolute atomic E-state index is 0.520. The van der Waals surface area contributed by atoms with Gasteiger partial charge >= 0.3 is 0 Å². The first kappa shape index (κ1) is 9.99. The van der Waals surface area contributed by atoms with Gasteiger partial charge in [-0.25, -0.2) is 4.98 Å². The van der Waals surface area contributed by atoms with E-state index in [1.54, 1.807) is 13.3 Å². The molecule has 0 bridgehead atoms. The van der Waals surface area contributed by atoms with Crippen LogP contribution in [0, 0.1) is 5.92 Å². The number of hydrogen-bond acceptors (Lipinski definition) is 3. The second-order valence-corrected chi connectivity index (χ2v) is 3.35. The van der Waals surface area contributed by atoms with Crippen LogP contribution in [0.3, 0.4) is 0 Å². The van der Waals surface area contributed by atoms with Crippen molar-refractivity contribution in [1.82, 2.24) is 4.98 Å². The van der Waals surface area contributed by atoms with Gasteiger partial charge in [0.2, 0.25) is 0 Å². The van der Waals surface area contributed by atoms with E-state index in [1.165, 1.54) is 5.56 Å². The van der Waals surface area contributed by atoms with Crippen molar-refractivity contribution in [3.8, 4) is 0 Å². The van der Waals surface area contributed by atoms with E-state index in [2.05, 4.69) is 11.9 Å². The predicted molar refractivity (Wildman–Crippen MR) is 53.4 cm³/mol. The summed E-state index contributed by atoms with van der Waals surface area (Å²) in [5.41, 5.74) is 6.79. The SMILES string of the molecule is COCC(C)Cc1ccnc(N)c1. The summed E-state index contributed by atoms with van der Waals surface area (Å²) in [5.74, 6) is 1.11. The van der Waals surface area contributed by atoms with Crippen LogP contribution < -0.4 is 5.73 Å². The van der Waals surface area contributed by atoms with Gasteiger partial charge in [0.25, 0.3) is 0 Å². The van der Waals surface area contributed by atoms with E-state index in [0.29, 0.717) is 11.7 Å². The molecule has 1 heterocycles. The minimum atomic E-state index is 0.520. The molecule has 1 aromatic heterocycles. The first-order chi connectivity index (χ1) is 6.22. The Morgan fingerprint density at radius 3 is 3.00 bits per heavy atom. The first-order valence-electron chi connectivity index (χ1n) is 4.41. The molecular weight excluding hydrogens is 164 g/mol. The number of pyridine rings is 1. The van der Waals surface area contributed by atoms with E-state index < -0.39 is 0 Å². The number of nitrogens with two attached hydrogens (primary N) is 1. The van der Waals surface area contributed by atoms with Crippen LogP contribution >= 0.6 is 0 Å². The molecule has 2 N–H and O–H groups in total. The van der Waals surface area contributed by atoms with E-state index in [1.807, 2.05) is 12.1 Å². The molecule has 1 rings (SSSR count). The van der Waals surface area contributed by atoms with Crippen molar-refractivity contribution in [3.05, 3.63) is 23.9 Å². The van der Waals surface area contributed by atoms with Gasteiger partial charge < -0.3 is 10.5 Å². The summed E-state index contributed by atoms with van der Waals surface area (Å²) in [6, 6.07) is 3.90. The van der Waals surface area contributed by atoms with Crippen molar-refractivity contribution >= 4 is 5.82 Å². The molecule has 0 saturated carbocycles. The zero-order valence-corrected chi connectivity index (χ0v) is 8.16. The van der Waals surface area contributed by atoms with Crippen molar-refractivity contribution in [2.45, 2.75) is 13.3 Å². The highest BCUT2D eigenvalue weighted by molar-refractivity contribution is 5.31. The Kier molecular flexibility index (Phi) is 3.71. The summed E-state index contributed by atoms with van der Waals surface area (Å²) in [5, 5.41) is 0. The van der Waals surface area contributed by atoms with Crippen molar-refractivity contribution < 1.29 is 4.74 Å². The van der Waals surface area contributed by atoms with Crippen molar-refractivity contribution in [2.24, 2.45) is 5.92 Å². The smallest absolute Gasteiger partial charge is 0.123 e. The normalized spacial score (nSPS) is 12.8. The Morgan fingerprint density at radius 2 is 2.38 bits per heavy atom. The lowest BCUT2D eigenvalue weighted by atomic mass is 10.0. The van der Waals surface area contributed by atoms with Crippen molar-refractivity contribution in [3.63, 3.8) is 0 Å². The topological polar surface area (TPSA) is 48.1 Å². The molecule has 13 heavy (non-hydrogen) atoms. The number of hydrogen-bond donors (Lipinski definition) is 1. The quantitative estimate of drug-likeness (QED) is 0.763. The van der Waals surface area contributed by atoms with Gasteiger partial charge in [-0.2, -0.15) is 0 Å². The highest BCUT2D eigenvalue weighted by Crippen LogP contribution is 2.09. The summed E-state index contributed by atoms with van der Waals surface area (Å²) in [7, 11) is 1.72. The predicted octanol–water partition coefficient (Wildman–Crippen LogP) is 1.49. The number of ether oxygens (including phenoxy) is 1. The Hall–Kier alpha value is -1.09. The third-order valence-electron chi connectivity index (χ3n) is 1.88. The molecule has 0 aliphatic carbocycles. The minimum Gasteiger partial charge on any atom is -0.384 e. The summed E-state index contributed by atoms with van der Waals surface area (Å²) in [4.78, 5) is 3.94. The van der Waals surface area contributed by atoms with E-state index >= 15 is 0 Å². The highest BCUT2D eigenvalue weighted by atomic mass is 16.5. The van der Waals surface area contributed by atoms with Gasteiger partial charge in [0.05, 0.1) is 0 Å². The van der Waals surface area contributed by atoms with E-state index in [9.17, 15) is 0 Å². The average molecular weight is 180 g/mol. The van der Waals surface area contributed by atoms with E-state index in [-0.39, 0.29) is 0 Å². The van der Waals surface area contributed by atoms with Gasteiger partial charge in [-0.05, 0) is 30.0 Å². The number of methoxy groups -OCH3 is 1. The van der Waals surface area contributed by atoms with E-state index in [4.69, 9.17) is 10.5 Å². The monoisotopic (exact) mass is 180 g/mol. The molecule has 0 aromatic carbocycles. The lowest BCUT2D eigenvalue weighted by Gasteiger charge is -2.09. The molecule has 0 aliphatic heterocycles. The molecule has 3 heteroatoms. The molecule has 0 fully saturated rings. The maximum atomic E-state index is 5.57. The molecule has 0 amide bonds. The second kappa shape index (κ2) is 4.82. The number of nitrogens with zero attached hydrogens (tertiary/aromatic N) is 1. The second-order valence-electron chi connectivity index (χ2n) is 3.35. The fraction of sp³-hybridized carbons (Fsp3) is 0.500. The average Bonchev–Trinajstić information content (AvgIpc) is 2.04. The number of rotatable bonds is 4. The zero-order valence-electron chi connectivity index (χ0n) is 8.16. The van der Waals surface area contributed by atoms with Crippen molar-refractivity contribution in [2.75, 3.05) is 19.5 Å². The molecule has 1 aromatic rings. The number of nitrogen functional groups attached to an aromatic ring is 1. The maximum absolute atomic E-state index is 5.57. The van der Waals surface area contributed by atoms with Gasteiger partial charge in [0.15, 0.2) is 0 Å². The molecule has 0 radical (unpaired) electrons. The molecular formula is C10H16N2O. The standard InChI is InChI=1S/C10H16N2O/c1-8(7-13-2)5-9-3-4-12-10(11)6-9/h3-4,6,8H,5,7H2,1-2H3,(H2,11,12). The summed E-state index contributed by atoms with van der Waals surface area (Å²) in [6.07, 6.45) is 2.73. The molecule has 1 unspecified atom stereocenters. The van der Waals surface area contributed by atoms with Crippen LogP contribution in [0.1, 0.15) is 12.5 Å². The lowest BCUT2D eigenvalue weighted by molar-refractivity contribution is 0.159. The summed E-state index contributed by atoms with van der Waals surface area (Å²) < 4.78 is 5.06. The number of aromatic nitrogens is 1. The first-order valence-corrected chi connectivity index (χ1v) is 4.41. The third kappa shape index (κ3) is 3.42. The number of anilines is 1. The van der Waals surface area contributed by atoms with Crippen LogP contribution in [0.25, 0.3) is 0 Å². The van der Waals surface area contributed by atoms with Gasteiger partial charge in [0.1, 0.15) is 5.82 Å². The molecule has 1 atom stereocenters. The van der Waals surface area contributed by atoms with Gasteiger partial charge in [0, 0.05) is 19.9 Å². The fourth-order valence-electron chi connectivity index (χ4n) is 1.37. The molecule has 0 saturated heterocycles. The molecule has 3 nitrogen and oxygen atoms in total. The largest absolute Gasteiger partial charge is 0.384 e. The fourth-order valence-corrected chi connectivity index (χ4v) is 1.37. The Bertz CT molecular complexity index is 263. The van der Waals surface area contributed by atoms with E-state index in [0.717, 1.165) is 13.0 Å². The van der Waals surface area contributed by atoms with Gasteiger partial charge in [-0.1, -0.05) is 6.92 Å². The highest BCUT2D eigenvalue weighted by Gasteiger charge is 2.03. The summed E-state index contributed by atoms with van der Waals surface area (Å²) >= 11 is 0. The van der Waals surface area contributed by atoms with Crippen molar-refractivity contribution in [1.29, 1.82) is 0 Å². The Balaban J connectivity index is 2.53. The third-order valence-corrected chi connectivity index (χ3v) is 1.88. The summed E-state index contributed by atoms with van der Waals surface area (Å²) in [6.45, 7) is 2.93. The molecule has 72 valence electrons. The lowest BCUT2D eigenvalue weighted by Crippen LogP contribution is -2.07. The van der Waals surface area contributed by atoms with Crippen LogP contribution in [0.2, 0.25) is 0 Å². The van der Waals surface area contributed by atoms with Crippen LogP contribution in [0.15, 0.2) is 18.3 Å². The maximum Gasteiger partial charge on any atom is 0.123 e. The Labute approximate surface area is 78.9 Å². The van der Waals surface area contributed by atoms with Crippen LogP contribution in [0.5, 0.6) is 0 Å². The Morgan fingerprint density at radius 1 is 1.62 bits per heavy atom.